The van der Waals surface area contributed by atoms with Gasteiger partial charge in [0.25, 0.3) is 0 Å². The van der Waals surface area contributed by atoms with Crippen molar-refractivity contribution in [2.24, 2.45) is 0 Å². The standard InChI is InChI=1S/C24H27FN4O/c1-17-26-9-11-28(17)15-20-5-3-4-19(12-20)14-27-24-8-10-29(18(2)30)16-21-13-22(25)6-7-23(21)24/h3-7,9,11-13,24,27H,8,10,14-16H2,1-2H3. The van der Waals surface area contributed by atoms with Crippen LogP contribution in [-0.4, -0.2) is 26.9 Å². The third-order valence-electron chi connectivity index (χ3n) is 5.80. The number of halogens is 1. The summed E-state index contributed by atoms with van der Waals surface area (Å²) < 4.78 is 16.0. The minimum absolute atomic E-state index is 0.0216. The molecule has 5 nitrogen and oxygen atoms in total. The molecule has 1 unspecified atom stereocenters. The van der Waals surface area contributed by atoms with Gasteiger partial charge < -0.3 is 14.8 Å². The highest BCUT2D eigenvalue weighted by atomic mass is 19.1. The number of nitrogens with one attached hydrogen (secondary N) is 1. The van der Waals surface area contributed by atoms with Crippen LogP contribution in [0.5, 0.6) is 0 Å². The zero-order chi connectivity index (χ0) is 21.1. The molecular formula is C24H27FN4O. The summed E-state index contributed by atoms with van der Waals surface area (Å²) in [4.78, 5) is 18.0. The molecule has 0 saturated carbocycles. The van der Waals surface area contributed by atoms with Crippen LogP contribution in [0.2, 0.25) is 0 Å². The van der Waals surface area contributed by atoms with Crippen molar-refractivity contribution >= 4 is 5.91 Å². The maximum atomic E-state index is 13.8. The van der Waals surface area contributed by atoms with Gasteiger partial charge in [-0.2, -0.15) is 0 Å². The fraction of sp³-hybridized carbons (Fsp3) is 0.333. The Morgan fingerprint density at radius 2 is 2.07 bits per heavy atom. The monoisotopic (exact) mass is 406 g/mol. The Kier molecular flexibility index (Phi) is 5.95. The Morgan fingerprint density at radius 3 is 2.83 bits per heavy atom. The van der Waals surface area contributed by atoms with E-state index in [-0.39, 0.29) is 17.8 Å². The van der Waals surface area contributed by atoms with Crippen molar-refractivity contribution in [3.05, 3.63) is 88.8 Å². The lowest BCUT2D eigenvalue weighted by atomic mass is 9.98. The number of hydrogen-bond acceptors (Lipinski definition) is 3. The third-order valence-corrected chi connectivity index (χ3v) is 5.80. The van der Waals surface area contributed by atoms with Gasteiger partial charge in [0.15, 0.2) is 0 Å². The van der Waals surface area contributed by atoms with Crippen LogP contribution in [0.15, 0.2) is 54.9 Å². The van der Waals surface area contributed by atoms with Crippen molar-refractivity contribution in [1.29, 1.82) is 0 Å². The molecule has 2 aromatic carbocycles. The van der Waals surface area contributed by atoms with E-state index >= 15 is 0 Å². The van der Waals surface area contributed by atoms with Gasteiger partial charge in [-0.1, -0.05) is 30.3 Å². The van der Waals surface area contributed by atoms with Gasteiger partial charge in [-0.05, 0) is 47.7 Å². The van der Waals surface area contributed by atoms with Gasteiger partial charge in [0, 0.05) is 51.5 Å². The molecule has 30 heavy (non-hydrogen) atoms. The first-order valence-corrected chi connectivity index (χ1v) is 10.3. The topological polar surface area (TPSA) is 50.2 Å². The first-order valence-electron chi connectivity index (χ1n) is 10.3. The molecule has 1 aliphatic rings. The van der Waals surface area contributed by atoms with Crippen molar-refractivity contribution in [2.75, 3.05) is 6.54 Å². The number of aromatic nitrogens is 2. The minimum Gasteiger partial charge on any atom is -0.339 e. The summed E-state index contributed by atoms with van der Waals surface area (Å²) in [5, 5.41) is 3.63. The number of carbonyl (C=O) groups is 1. The van der Waals surface area contributed by atoms with Gasteiger partial charge in [0.1, 0.15) is 11.6 Å². The molecule has 0 radical (unpaired) electrons. The highest BCUT2D eigenvalue weighted by Crippen LogP contribution is 2.28. The predicted molar refractivity (Wildman–Crippen MR) is 114 cm³/mol. The van der Waals surface area contributed by atoms with Crippen LogP contribution in [0.4, 0.5) is 4.39 Å². The fourth-order valence-corrected chi connectivity index (χ4v) is 4.10. The van der Waals surface area contributed by atoms with E-state index in [9.17, 15) is 9.18 Å². The Balaban J connectivity index is 1.49. The zero-order valence-corrected chi connectivity index (χ0v) is 17.4. The third kappa shape index (κ3) is 4.60. The molecule has 0 aliphatic carbocycles. The van der Waals surface area contributed by atoms with E-state index in [1.54, 1.807) is 17.9 Å². The minimum atomic E-state index is -0.264. The van der Waals surface area contributed by atoms with Crippen LogP contribution in [0.3, 0.4) is 0 Å². The highest BCUT2D eigenvalue weighted by molar-refractivity contribution is 5.73. The first kappa shape index (κ1) is 20.3. The van der Waals surface area contributed by atoms with Gasteiger partial charge in [-0.3, -0.25) is 4.79 Å². The largest absolute Gasteiger partial charge is 0.339 e. The molecule has 0 fully saturated rings. The average Bonchev–Trinajstić information content (AvgIpc) is 3.02. The van der Waals surface area contributed by atoms with Crippen molar-refractivity contribution in [3.8, 4) is 0 Å². The highest BCUT2D eigenvalue weighted by Gasteiger charge is 2.23. The quantitative estimate of drug-likeness (QED) is 0.698. The molecule has 0 spiro atoms. The molecule has 1 aliphatic heterocycles. The average molecular weight is 407 g/mol. The number of nitrogens with zero attached hydrogens (tertiary/aromatic N) is 3. The summed E-state index contributed by atoms with van der Waals surface area (Å²) in [6, 6.07) is 13.5. The second kappa shape index (κ2) is 8.79. The van der Waals surface area contributed by atoms with Crippen LogP contribution in [0.1, 0.15) is 47.5 Å². The number of carbonyl (C=O) groups excluding carboxylic acids is 1. The van der Waals surface area contributed by atoms with Gasteiger partial charge in [0.05, 0.1) is 0 Å². The molecule has 3 aromatic rings. The molecule has 6 heteroatoms. The molecule has 156 valence electrons. The number of fused-ring (bicyclic) bond motifs is 1. The summed E-state index contributed by atoms with van der Waals surface area (Å²) in [7, 11) is 0. The first-order chi connectivity index (χ1) is 14.5. The van der Waals surface area contributed by atoms with E-state index in [2.05, 4.69) is 39.1 Å². The Hall–Kier alpha value is -2.99. The number of hydrogen-bond donors (Lipinski definition) is 1. The number of rotatable bonds is 5. The van der Waals surface area contributed by atoms with E-state index in [0.29, 0.717) is 19.6 Å². The Bertz CT molecular complexity index is 1050. The predicted octanol–water partition coefficient (Wildman–Crippen LogP) is 3.96. The molecule has 2 heterocycles. The summed E-state index contributed by atoms with van der Waals surface area (Å²) >= 11 is 0. The van der Waals surface area contributed by atoms with Gasteiger partial charge in [0.2, 0.25) is 5.91 Å². The molecule has 1 atom stereocenters. The van der Waals surface area contributed by atoms with E-state index in [0.717, 1.165) is 29.9 Å². The number of amides is 1. The lowest BCUT2D eigenvalue weighted by Gasteiger charge is -2.20. The Morgan fingerprint density at radius 1 is 1.23 bits per heavy atom. The molecule has 0 bridgehead atoms. The fourth-order valence-electron chi connectivity index (χ4n) is 4.10. The lowest BCUT2D eigenvalue weighted by Crippen LogP contribution is -2.29. The van der Waals surface area contributed by atoms with Crippen molar-refractivity contribution in [3.63, 3.8) is 0 Å². The number of imidazole rings is 1. The van der Waals surface area contributed by atoms with Crippen LogP contribution in [0, 0.1) is 12.7 Å². The van der Waals surface area contributed by atoms with Crippen LogP contribution in [-0.2, 0) is 24.4 Å². The second-order valence-electron chi connectivity index (χ2n) is 7.93. The summed E-state index contributed by atoms with van der Waals surface area (Å²) in [6.45, 7) is 6.18. The smallest absolute Gasteiger partial charge is 0.219 e. The summed E-state index contributed by atoms with van der Waals surface area (Å²) in [5.41, 5.74) is 4.37. The van der Waals surface area contributed by atoms with Gasteiger partial charge in [-0.25, -0.2) is 9.37 Å². The SMILES string of the molecule is CC(=O)N1CCC(NCc2cccc(Cn3ccnc3C)c2)c2ccc(F)cc2C1. The molecule has 1 N–H and O–H groups in total. The van der Waals surface area contributed by atoms with Crippen LogP contribution < -0.4 is 5.32 Å². The van der Waals surface area contributed by atoms with E-state index < -0.39 is 0 Å². The molecule has 4 rings (SSSR count). The van der Waals surface area contributed by atoms with Crippen molar-refractivity contribution < 1.29 is 9.18 Å². The second-order valence-corrected chi connectivity index (χ2v) is 7.93. The van der Waals surface area contributed by atoms with E-state index in [4.69, 9.17) is 0 Å². The molecule has 1 amide bonds. The van der Waals surface area contributed by atoms with E-state index in [1.165, 1.54) is 17.2 Å². The summed E-state index contributed by atoms with van der Waals surface area (Å²) in [6.07, 6.45) is 4.60. The maximum absolute atomic E-state index is 13.8. The number of benzene rings is 2. The van der Waals surface area contributed by atoms with Gasteiger partial charge >= 0.3 is 0 Å². The van der Waals surface area contributed by atoms with Crippen molar-refractivity contribution in [2.45, 2.75) is 45.9 Å². The molecule has 0 saturated heterocycles. The van der Waals surface area contributed by atoms with Crippen LogP contribution in [0.25, 0.3) is 0 Å². The zero-order valence-electron chi connectivity index (χ0n) is 17.4. The van der Waals surface area contributed by atoms with Crippen molar-refractivity contribution in [1.82, 2.24) is 19.8 Å². The Labute approximate surface area is 176 Å². The maximum Gasteiger partial charge on any atom is 0.219 e. The molecular weight excluding hydrogens is 379 g/mol. The molecule has 1 aromatic heterocycles. The summed E-state index contributed by atoms with van der Waals surface area (Å²) in [5.74, 6) is 0.754. The van der Waals surface area contributed by atoms with E-state index in [1.807, 2.05) is 25.4 Å². The normalized spacial score (nSPS) is 16.2. The van der Waals surface area contributed by atoms with Crippen LogP contribution >= 0.6 is 0 Å². The lowest BCUT2D eigenvalue weighted by molar-refractivity contribution is -0.129. The number of aryl methyl sites for hydroxylation is 1. The van der Waals surface area contributed by atoms with Gasteiger partial charge in [-0.15, -0.1) is 0 Å².